The van der Waals surface area contributed by atoms with E-state index in [1.807, 2.05) is 42.6 Å². The Morgan fingerprint density at radius 3 is 2.41 bits per heavy atom. The minimum atomic E-state index is -0.0466. The summed E-state index contributed by atoms with van der Waals surface area (Å²) in [5, 5.41) is 7.02. The number of carbonyl (C=O) groups excluding carboxylic acids is 1. The molecule has 4 heteroatoms. The van der Waals surface area contributed by atoms with E-state index >= 15 is 0 Å². The second-order valence-electron chi connectivity index (χ2n) is 7.01. The molecule has 0 saturated carbocycles. The van der Waals surface area contributed by atoms with Crippen LogP contribution in [0.15, 0.2) is 89.7 Å². The van der Waals surface area contributed by atoms with Crippen molar-refractivity contribution in [2.75, 3.05) is 0 Å². The zero-order valence-corrected chi connectivity index (χ0v) is 16.8. The smallest absolute Gasteiger partial charge is 0.251 e. The predicted octanol–water partition coefficient (Wildman–Crippen LogP) is 4.70. The van der Waals surface area contributed by atoms with Crippen LogP contribution < -0.4 is 10.7 Å². The largest absolute Gasteiger partial charge is 0.348 e. The minimum absolute atomic E-state index is 0.0466. The third kappa shape index (κ3) is 6.04. The molecule has 148 valence electrons. The van der Waals surface area contributed by atoms with E-state index < -0.39 is 0 Å². The molecule has 0 unspecified atom stereocenters. The number of rotatable bonds is 7. The van der Waals surface area contributed by atoms with Crippen LogP contribution in [0, 0.1) is 0 Å². The molecule has 1 aliphatic heterocycles. The van der Waals surface area contributed by atoms with Gasteiger partial charge >= 0.3 is 0 Å². The molecule has 0 aliphatic carbocycles. The van der Waals surface area contributed by atoms with Gasteiger partial charge < -0.3 is 5.32 Å². The molecular formula is C25H27N3O. The lowest BCUT2D eigenvalue weighted by Gasteiger charge is -2.10. The zero-order chi connectivity index (χ0) is 20.5. The second kappa shape index (κ2) is 10.2. The summed E-state index contributed by atoms with van der Waals surface area (Å²) in [4.78, 5) is 12.3. The molecule has 0 bridgehead atoms. The number of carbonyl (C=O) groups is 1. The summed E-state index contributed by atoms with van der Waals surface area (Å²) in [5.41, 5.74) is 9.31. The van der Waals surface area contributed by atoms with Crippen LogP contribution in [0.2, 0.25) is 0 Å². The third-order valence-electron chi connectivity index (χ3n) is 4.97. The molecule has 0 atom stereocenters. The van der Waals surface area contributed by atoms with E-state index in [-0.39, 0.29) is 5.91 Å². The van der Waals surface area contributed by atoms with Crippen molar-refractivity contribution in [1.29, 1.82) is 0 Å². The van der Waals surface area contributed by atoms with Gasteiger partial charge in [-0.2, -0.15) is 5.10 Å². The first kappa shape index (κ1) is 20.3. The molecule has 0 fully saturated rings. The van der Waals surface area contributed by atoms with E-state index in [1.165, 1.54) is 11.1 Å². The molecule has 0 saturated heterocycles. The van der Waals surface area contributed by atoms with Gasteiger partial charge in [-0.15, -0.1) is 0 Å². The lowest BCUT2D eigenvalue weighted by Crippen LogP contribution is -2.22. The lowest BCUT2D eigenvalue weighted by molar-refractivity contribution is 0.0951. The number of aryl methyl sites for hydroxylation is 2. The lowest BCUT2D eigenvalue weighted by atomic mass is 9.99. The van der Waals surface area contributed by atoms with Gasteiger partial charge in [0, 0.05) is 24.5 Å². The molecule has 0 radical (unpaired) electrons. The van der Waals surface area contributed by atoms with Crippen LogP contribution in [0.5, 0.6) is 0 Å². The summed E-state index contributed by atoms with van der Waals surface area (Å²) in [5.74, 6) is -0.0466. The van der Waals surface area contributed by atoms with E-state index in [0.717, 1.165) is 36.0 Å². The monoisotopic (exact) mass is 385 g/mol. The van der Waals surface area contributed by atoms with Crippen LogP contribution in [-0.4, -0.2) is 12.1 Å². The first-order valence-electron chi connectivity index (χ1n) is 9.94. The van der Waals surface area contributed by atoms with Crippen molar-refractivity contribution in [3.05, 3.63) is 107 Å². The SMILES string of the molecule is C=C1/C=C\C=N/N/C=C\1CCc1ccc(CNC(=O)c2ccc(CC)cc2)cc1. The average Bonchev–Trinajstić information content (AvgIpc) is 2.75. The Morgan fingerprint density at radius 2 is 1.69 bits per heavy atom. The van der Waals surface area contributed by atoms with Crippen molar-refractivity contribution in [1.82, 2.24) is 10.7 Å². The van der Waals surface area contributed by atoms with Gasteiger partial charge in [0.05, 0.1) is 0 Å². The summed E-state index contributed by atoms with van der Waals surface area (Å²) in [6.45, 7) is 6.72. The van der Waals surface area contributed by atoms with Gasteiger partial charge in [-0.1, -0.05) is 56.0 Å². The highest BCUT2D eigenvalue weighted by molar-refractivity contribution is 5.94. The molecule has 2 N–H and O–H groups in total. The maximum Gasteiger partial charge on any atom is 0.251 e. The van der Waals surface area contributed by atoms with E-state index in [2.05, 4.69) is 53.6 Å². The van der Waals surface area contributed by atoms with E-state index in [9.17, 15) is 4.79 Å². The van der Waals surface area contributed by atoms with Crippen molar-refractivity contribution in [2.24, 2.45) is 5.10 Å². The number of hydrogen-bond acceptors (Lipinski definition) is 3. The van der Waals surface area contributed by atoms with Crippen molar-refractivity contribution in [2.45, 2.75) is 32.7 Å². The second-order valence-corrected chi connectivity index (χ2v) is 7.01. The molecule has 4 nitrogen and oxygen atoms in total. The first-order chi connectivity index (χ1) is 14.2. The maximum atomic E-state index is 12.3. The molecule has 1 amide bonds. The van der Waals surface area contributed by atoms with Gasteiger partial charge in [0.15, 0.2) is 0 Å². The summed E-state index contributed by atoms with van der Waals surface area (Å²) in [7, 11) is 0. The molecule has 1 heterocycles. The minimum Gasteiger partial charge on any atom is -0.348 e. The molecule has 2 aromatic rings. The molecule has 2 aromatic carbocycles. The number of amides is 1. The topological polar surface area (TPSA) is 53.5 Å². The third-order valence-corrected chi connectivity index (χ3v) is 4.97. The number of benzene rings is 2. The van der Waals surface area contributed by atoms with Crippen LogP contribution in [0.1, 0.15) is 40.4 Å². The highest BCUT2D eigenvalue weighted by atomic mass is 16.1. The summed E-state index contributed by atoms with van der Waals surface area (Å²) in [6.07, 6.45) is 10.2. The normalized spacial score (nSPS) is 17.3. The molecule has 1 aliphatic rings. The Hall–Kier alpha value is -3.40. The number of hydrazone groups is 1. The van der Waals surface area contributed by atoms with E-state index in [0.29, 0.717) is 12.1 Å². The van der Waals surface area contributed by atoms with Gasteiger partial charge in [-0.05, 0) is 65.3 Å². The van der Waals surface area contributed by atoms with E-state index in [1.54, 1.807) is 6.21 Å². The van der Waals surface area contributed by atoms with Crippen molar-refractivity contribution >= 4 is 12.1 Å². The highest BCUT2D eigenvalue weighted by Gasteiger charge is 2.06. The van der Waals surface area contributed by atoms with Crippen LogP contribution in [0.4, 0.5) is 0 Å². The van der Waals surface area contributed by atoms with Gasteiger partial charge in [0.2, 0.25) is 0 Å². The van der Waals surface area contributed by atoms with Crippen molar-refractivity contribution in [3.8, 4) is 0 Å². The van der Waals surface area contributed by atoms with Gasteiger partial charge in [-0.3, -0.25) is 10.2 Å². The quantitative estimate of drug-likeness (QED) is 0.726. The van der Waals surface area contributed by atoms with E-state index in [4.69, 9.17) is 0 Å². The molecular weight excluding hydrogens is 358 g/mol. The Balaban J connectivity index is 1.50. The first-order valence-corrected chi connectivity index (χ1v) is 9.94. The van der Waals surface area contributed by atoms with Crippen molar-refractivity contribution < 1.29 is 4.79 Å². The summed E-state index contributed by atoms with van der Waals surface area (Å²) in [6, 6.07) is 16.1. The van der Waals surface area contributed by atoms with Crippen molar-refractivity contribution in [3.63, 3.8) is 0 Å². The fraction of sp³-hybridized carbons (Fsp3) is 0.200. The maximum absolute atomic E-state index is 12.3. The van der Waals surface area contributed by atoms with Gasteiger partial charge in [0.25, 0.3) is 5.91 Å². The molecule has 0 spiro atoms. The van der Waals surface area contributed by atoms with Crippen LogP contribution in [0.25, 0.3) is 0 Å². The number of allylic oxidation sites excluding steroid dienone is 4. The Labute approximate surface area is 172 Å². The standard InChI is InChI=1S/C25H27N3O/c1-3-20-10-13-23(14-11-20)25(29)26-17-22-8-6-21(7-9-22)12-15-24-18-28-27-16-4-5-19(24)2/h4-11,13-14,16,18,28H,2-3,12,15,17H2,1H3,(H,26,29)/b5-4-,24-18-,27-16-. The predicted molar refractivity (Wildman–Crippen MR) is 120 cm³/mol. The highest BCUT2D eigenvalue weighted by Crippen LogP contribution is 2.17. The van der Waals surface area contributed by atoms with Gasteiger partial charge in [0.1, 0.15) is 0 Å². The van der Waals surface area contributed by atoms with Crippen LogP contribution >= 0.6 is 0 Å². The Kier molecular flexibility index (Phi) is 7.17. The molecule has 0 aromatic heterocycles. The zero-order valence-electron chi connectivity index (χ0n) is 16.8. The number of nitrogens with zero attached hydrogens (tertiary/aromatic N) is 1. The Bertz CT molecular complexity index is 935. The number of nitrogens with one attached hydrogen (secondary N) is 2. The Morgan fingerprint density at radius 1 is 1.00 bits per heavy atom. The fourth-order valence-corrected chi connectivity index (χ4v) is 3.07. The fourth-order valence-electron chi connectivity index (χ4n) is 3.07. The van der Waals surface area contributed by atoms with Gasteiger partial charge in [-0.25, -0.2) is 0 Å². The van der Waals surface area contributed by atoms with Crippen LogP contribution in [-0.2, 0) is 19.4 Å². The number of hydrogen-bond donors (Lipinski definition) is 2. The molecule has 29 heavy (non-hydrogen) atoms. The molecule has 3 rings (SSSR count). The average molecular weight is 386 g/mol. The summed E-state index contributed by atoms with van der Waals surface area (Å²) < 4.78 is 0. The summed E-state index contributed by atoms with van der Waals surface area (Å²) >= 11 is 0. The van der Waals surface area contributed by atoms with Crippen LogP contribution in [0.3, 0.4) is 0 Å².